The maximum Gasteiger partial charge on any atom is 0.288 e. The van der Waals surface area contributed by atoms with Gasteiger partial charge in [0.05, 0.1) is 17.0 Å². The van der Waals surface area contributed by atoms with Gasteiger partial charge in [-0.2, -0.15) is 0 Å². The Kier molecular flexibility index (Phi) is 7.69. The Morgan fingerprint density at radius 2 is 1.76 bits per heavy atom. The second-order valence-electron chi connectivity index (χ2n) is 9.19. The lowest BCUT2D eigenvalue weighted by atomic mass is 10.0. The van der Waals surface area contributed by atoms with Crippen LogP contribution in [0.25, 0.3) is 0 Å². The van der Waals surface area contributed by atoms with E-state index < -0.39 is 34.4 Å². The smallest absolute Gasteiger partial charge is 0.288 e. The van der Waals surface area contributed by atoms with E-state index in [1.807, 2.05) is 42.5 Å². The maximum absolute atomic E-state index is 13.6. The summed E-state index contributed by atoms with van der Waals surface area (Å²) in [5.41, 5.74) is 2.07. The van der Waals surface area contributed by atoms with Crippen molar-refractivity contribution >= 4 is 40.7 Å². The molecule has 8 nitrogen and oxygen atoms in total. The number of hydrogen-bond donors (Lipinski definition) is 0. The highest BCUT2D eigenvalue weighted by Gasteiger charge is 2.44. The molecule has 0 saturated carbocycles. The minimum atomic E-state index is -1.04. The van der Waals surface area contributed by atoms with Gasteiger partial charge in [-0.15, -0.1) is 0 Å². The molecule has 190 valence electrons. The molecule has 0 N–H and O–H groups in total. The summed E-state index contributed by atoms with van der Waals surface area (Å²) < 4.78 is 0. The monoisotopic (exact) mass is 519 g/mol. The summed E-state index contributed by atoms with van der Waals surface area (Å²) in [6.07, 6.45) is 0.254. The minimum Gasteiger partial charge on any atom is -0.326 e. The van der Waals surface area contributed by atoms with Crippen molar-refractivity contribution in [3.8, 4) is 0 Å². The number of amides is 3. The fraction of sp³-hybridized carbons (Fsp3) is 0.250. The molecule has 1 fully saturated rings. The molecule has 9 heteroatoms. The van der Waals surface area contributed by atoms with Gasteiger partial charge in [-0.25, -0.2) is 4.90 Å². The lowest BCUT2D eigenvalue weighted by Crippen LogP contribution is -2.46. The molecule has 1 saturated heterocycles. The Morgan fingerprint density at radius 1 is 1.08 bits per heavy atom. The van der Waals surface area contributed by atoms with Gasteiger partial charge < -0.3 is 4.90 Å². The number of anilines is 1. The van der Waals surface area contributed by atoms with E-state index in [2.05, 4.69) is 13.8 Å². The molecule has 0 aliphatic carbocycles. The first-order valence-electron chi connectivity index (χ1n) is 11.9. The van der Waals surface area contributed by atoms with Crippen molar-refractivity contribution in [2.24, 2.45) is 0 Å². The predicted molar refractivity (Wildman–Crippen MR) is 141 cm³/mol. The third-order valence-corrected chi connectivity index (χ3v) is 6.77. The Labute approximate surface area is 219 Å². The molecule has 1 aliphatic heterocycles. The quantitative estimate of drug-likeness (QED) is 0.226. The number of carbonyl (C=O) groups is 3. The van der Waals surface area contributed by atoms with Crippen LogP contribution >= 0.6 is 11.6 Å². The van der Waals surface area contributed by atoms with Crippen molar-refractivity contribution in [3.05, 3.63) is 105 Å². The summed E-state index contributed by atoms with van der Waals surface area (Å²) in [6.45, 7) is 4.24. The fourth-order valence-electron chi connectivity index (χ4n) is 4.38. The van der Waals surface area contributed by atoms with Crippen LogP contribution in [0.3, 0.4) is 0 Å². The second kappa shape index (κ2) is 10.9. The zero-order valence-electron chi connectivity index (χ0n) is 20.5. The number of carbonyl (C=O) groups excluding carboxylic acids is 3. The van der Waals surface area contributed by atoms with Gasteiger partial charge in [-0.3, -0.25) is 24.5 Å². The average Bonchev–Trinajstić information content (AvgIpc) is 3.18. The SMILES string of the molecule is CC(C)c1ccc(N2C(=O)CC(N(CCc3ccccc3)C(=O)c3ccc(Cl)c([N+](=O)[O-])c3)C2=O)cc1. The Hall–Kier alpha value is -4.04. The van der Waals surface area contributed by atoms with Crippen LogP contribution in [0, 0.1) is 10.1 Å². The molecule has 1 heterocycles. The Bertz CT molecular complexity index is 1340. The number of halogens is 1. The Balaban J connectivity index is 1.66. The molecule has 0 radical (unpaired) electrons. The molecule has 37 heavy (non-hydrogen) atoms. The van der Waals surface area contributed by atoms with Gasteiger partial charge in [0.1, 0.15) is 11.1 Å². The normalized spacial score (nSPS) is 15.4. The number of hydrogen-bond acceptors (Lipinski definition) is 5. The molecular formula is C28H26ClN3O5. The first-order chi connectivity index (χ1) is 17.7. The maximum atomic E-state index is 13.6. The van der Waals surface area contributed by atoms with Crippen molar-refractivity contribution in [2.75, 3.05) is 11.4 Å². The van der Waals surface area contributed by atoms with Crippen LogP contribution in [0.15, 0.2) is 72.8 Å². The molecular weight excluding hydrogens is 494 g/mol. The highest BCUT2D eigenvalue weighted by atomic mass is 35.5. The summed E-state index contributed by atoms with van der Waals surface area (Å²) in [7, 11) is 0. The summed E-state index contributed by atoms with van der Waals surface area (Å²) in [5, 5.41) is 11.3. The summed E-state index contributed by atoms with van der Waals surface area (Å²) in [6, 6.07) is 19.4. The average molecular weight is 520 g/mol. The largest absolute Gasteiger partial charge is 0.326 e. The van der Waals surface area contributed by atoms with E-state index >= 15 is 0 Å². The van der Waals surface area contributed by atoms with E-state index in [0.29, 0.717) is 18.0 Å². The first kappa shape index (κ1) is 26.0. The third kappa shape index (κ3) is 5.54. The van der Waals surface area contributed by atoms with Gasteiger partial charge in [0.2, 0.25) is 5.91 Å². The van der Waals surface area contributed by atoms with Gasteiger partial charge in [-0.05, 0) is 47.7 Å². The molecule has 4 rings (SSSR count). The van der Waals surface area contributed by atoms with Crippen LogP contribution in [0.1, 0.15) is 47.7 Å². The van der Waals surface area contributed by atoms with E-state index in [1.54, 1.807) is 12.1 Å². The number of nitrogens with zero attached hydrogens (tertiary/aromatic N) is 3. The van der Waals surface area contributed by atoms with Crippen molar-refractivity contribution in [3.63, 3.8) is 0 Å². The van der Waals surface area contributed by atoms with Gasteiger partial charge in [0, 0.05) is 18.2 Å². The van der Waals surface area contributed by atoms with E-state index in [4.69, 9.17) is 11.6 Å². The molecule has 3 amide bonds. The molecule has 1 unspecified atom stereocenters. The van der Waals surface area contributed by atoms with Crippen molar-refractivity contribution < 1.29 is 19.3 Å². The van der Waals surface area contributed by atoms with Crippen LogP contribution in [-0.4, -0.2) is 40.1 Å². The zero-order valence-corrected chi connectivity index (χ0v) is 21.2. The highest BCUT2D eigenvalue weighted by Crippen LogP contribution is 2.30. The standard InChI is InChI=1S/C28H26ClN3O5/c1-18(2)20-8-11-22(12-9-20)31-26(33)17-25(28(31)35)30(15-14-19-6-4-3-5-7-19)27(34)21-10-13-23(29)24(16-21)32(36)37/h3-13,16,18,25H,14-15,17H2,1-2H3. The van der Waals surface area contributed by atoms with Gasteiger partial charge in [0.15, 0.2) is 0 Å². The van der Waals surface area contributed by atoms with Crippen molar-refractivity contribution in [1.82, 2.24) is 4.90 Å². The van der Waals surface area contributed by atoms with Crippen LogP contribution in [-0.2, 0) is 16.0 Å². The van der Waals surface area contributed by atoms with Crippen molar-refractivity contribution in [2.45, 2.75) is 38.6 Å². The summed E-state index contributed by atoms with van der Waals surface area (Å²) >= 11 is 5.93. The van der Waals surface area contributed by atoms with Gasteiger partial charge in [-0.1, -0.05) is 67.9 Å². The predicted octanol–water partition coefficient (Wildman–Crippen LogP) is 5.39. The Morgan fingerprint density at radius 3 is 2.38 bits per heavy atom. The summed E-state index contributed by atoms with van der Waals surface area (Å²) in [5.74, 6) is -1.21. The van der Waals surface area contributed by atoms with E-state index in [0.717, 1.165) is 22.1 Å². The van der Waals surface area contributed by atoms with Crippen LogP contribution < -0.4 is 4.90 Å². The third-order valence-electron chi connectivity index (χ3n) is 6.45. The number of rotatable bonds is 8. The van der Waals surface area contributed by atoms with Gasteiger partial charge >= 0.3 is 0 Å². The van der Waals surface area contributed by atoms with E-state index in [-0.39, 0.29) is 23.6 Å². The van der Waals surface area contributed by atoms with Gasteiger partial charge in [0.25, 0.3) is 17.5 Å². The molecule has 1 aliphatic rings. The number of nitro benzene ring substituents is 1. The molecule has 1 atom stereocenters. The lowest BCUT2D eigenvalue weighted by molar-refractivity contribution is -0.384. The zero-order chi connectivity index (χ0) is 26.7. The first-order valence-corrected chi connectivity index (χ1v) is 12.3. The molecule has 3 aromatic carbocycles. The highest BCUT2D eigenvalue weighted by molar-refractivity contribution is 6.32. The van der Waals surface area contributed by atoms with Crippen LogP contribution in [0.4, 0.5) is 11.4 Å². The molecule has 0 bridgehead atoms. The summed E-state index contributed by atoms with van der Waals surface area (Å²) in [4.78, 5) is 53.3. The van der Waals surface area contributed by atoms with Crippen LogP contribution in [0.2, 0.25) is 5.02 Å². The van der Waals surface area contributed by atoms with E-state index in [1.165, 1.54) is 17.0 Å². The topological polar surface area (TPSA) is 101 Å². The fourth-order valence-corrected chi connectivity index (χ4v) is 4.57. The number of benzene rings is 3. The second-order valence-corrected chi connectivity index (χ2v) is 9.60. The molecule has 3 aromatic rings. The number of nitro groups is 1. The van der Waals surface area contributed by atoms with E-state index in [9.17, 15) is 24.5 Å². The minimum absolute atomic E-state index is 0.0177. The number of imide groups is 1. The lowest BCUT2D eigenvalue weighted by Gasteiger charge is -2.28. The van der Waals surface area contributed by atoms with Crippen molar-refractivity contribution in [1.29, 1.82) is 0 Å². The molecule has 0 aromatic heterocycles. The van der Waals surface area contributed by atoms with Crippen LogP contribution in [0.5, 0.6) is 0 Å². The molecule has 0 spiro atoms.